The third kappa shape index (κ3) is 4.59. The number of benzene rings is 2. The molecule has 0 aliphatic heterocycles. The van der Waals surface area contributed by atoms with E-state index in [2.05, 4.69) is 33.0 Å². The van der Waals surface area contributed by atoms with Crippen LogP contribution in [0.1, 0.15) is 50.7 Å². The first-order chi connectivity index (χ1) is 11.0. The Bertz CT molecular complexity index is 662. The van der Waals surface area contributed by atoms with Crippen LogP contribution in [0.3, 0.4) is 0 Å². The molecule has 0 atom stereocenters. The van der Waals surface area contributed by atoms with Crippen molar-refractivity contribution in [3.8, 4) is 5.75 Å². The molecule has 0 fully saturated rings. The van der Waals surface area contributed by atoms with Crippen molar-refractivity contribution in [1.29, 1.82) is 0 Å². The highest BCUT2D eigenvalue weighted by Gasteiger charge is 2.11. The number of carbonyl (C=O) groups excluding carboxylic acids is 1. The summed E-state index contributed by atoms with van der Waals surface area (Å²) in [4.78, 5) is 12.2. The fraction of sp³-hybridized carbons (Fsp3) is 0.350. The molecule has 2 rings (SSSR count). The van der Waals surface area contributed by atoms with Crippen LogP contribution in [0.2, 0.25) is 0 Å². The minimum absolute atomic E-state index is 0.0101. The summed E-state index contributed by atoms with van der Waals surface area (Å²) in [5.41, 5.74) is 3.10. The number of para-hydroxylation sites is 2. The molecule has 1 N–H and O–H groups in total. The highest BCUT2D eigenvalue weighted by molar-refractivity contribution is 5.92. The minimum Gasteiger partial charge on any atom is -0.483 e. The van der Waals surface area contributed by atoms with Crippen LogP contribution in [0.4, 0.5) is 5.69 Å². The number of carbonyl (C=O) groups is 1. The molecular formula is C20H25NO2. The molecule has 2 aromatic rings. The zero-order valence-corrected chi connectivity index (χ0v) is 14.3. The lowest BCUT2D eigenvalue weighted by atomic mass is 10.0. The molecule has 1 amide bonds. The molecule has 0 aromatic heterocycles. The van der Waals surface area contributed by atoms with Crippen LogP contribution in [0.15, 0.2) is 48.5 Å². The van der Waals surface area contributed by atoms with E-state index >= 15 is 0 Å². The number of hydrogen-bond donors (Lipinski definition) is 1. The molecule has 0 radical (unpaired) electrons. The van der Waals surface area contributed by atoms with Gasteiger partial charge in [-0.15, -0.1) is 0 Å². The molecule has 0 aliphatic rings. The standard InChI is InChI=1S/C20H25NO2/c1-14(2)16-9-5-7-11-18(16)21-20(22)13-23-19-12-8-6-10-17(19)15(3)4/h5-12,14-15H,13H2,1-4H3,(H,21,22). The van der Waals surface area contributed by atoms with E-state index in [1.165, 1.54) is 0 Å². The highest BCUT2D eigenvalue weighted by Crippen LogP contribution is 2.26. The largest absolute Gasteiger partial charge is 0.483 e. The van der Waals surface area contributed by atoms with Gasteiger partial charge in [0, 0.05) is 5.69 Å². The van der Waals surface area contributed by atoms with Crippen LogP contribution in [-0.4, -0.2) is 12.5 Å². The maximum Gasteiger partial charge on any atom is 0.262 e. The van der Waals surface area contributed by atoms with Crippen LogP contribution in [0, 0.1) is 0 Å². The van der Waals surface area contributed by atoms with E-state index in [1.807, 2.05) is 48.5 Å². The fourth-order valence-corrected chi connectivity index (χ4v) is 2.53. The van der Waals surface area contributed by atoms with Gasteiger partial charge in [0.15, 0.2) is 6.61 Å². The number of hydrogen-bond acceptors (Lipinski definition) is 2. The quantitative estimate of drug-likeness (QED) is 0.819. The van der Waals surface area contributed by atoms with E-state index in [0.29, 0.717) is 11.8 Å². The first kappa shape index (κ1) is 17.1. The maximum absolute atomic E-state index is 12.2. The van der Waals surface area contributed by atoms with Gasteiger partial charge in [-0.1, -0.05) is 64.1 Å². The number of nitrogens with one attached hydrogen (secondary N) is 1. The number of rotatable bonds is 6. The van der Waals surface area contributed by atoms with E-state index in [4.69, 9.17) is 4.74 Å². The average Bonchev–Trinajstić information content (AvgIpc) is 2.53. The summed E-state index contributed by atoms with van der Waals surface area (Å²) in [7, 11) is 0. The van der Waals surface area contributed by atoms with Crippen molar-refractivity contribution in [2.75, 3.05) is 11.9 Å². The van der Waals surface area contributed by atoms with Gasteiger partial charge in [-0.25, -0.2) is 0 Å². The summed E-state index contributed by atoms with van der Waals surface area (Å²) < 4.78 is 5.72. The van der Waals surface area contributed by atoms with Crippen molar-refractivity contribution in [3.63, 3.8) is 0 Å². The minimum atomic E-state index is -0.142. The predicted octanol–water partition coefficient (Wildman–Crippen LogP) is 4.95. The van der Waals surface area contributed by atoms with Gasteiger partial charge in [0.1, 0.15) is 5.75 Å². The van der Waals surface area contributed by atoms with Crippen molar-refractivity contribution in [3.05, 3.63) is 59.7 Å². The van der Waals surface area contributed by atoms with Gasteiger partial charge in [-0.2, -0.15) is 0 Å². The third-order valence-corrected chi connectivity index (χ3v) is 3.76. The summed E-state index contributed by atoms with van der Waals surface area (Å²) in [5, 5.41) is 2.95. The molecule has 0 bridgehead atoms. The molecule has 3 nitrogen and oxygen atoms in total. The van der Waals surface area contributed by atoms with E-state index in [9.17, 15) is 4.79 Å². The first-order valence-corrected chi connectivity index (χ1v) is 8.09. The van der Waals surface area contributed by atoms with E-state index < -0.39 is 0 Å². The van der Waals surface area contributed by atoms with Gasteiger partial charge in [-0.3, -0.25) is 4.79 Å². The summed E-state index contributed by atoms with van der Waals surface area (Å²) in [6.07, 6.45) is 0. The zero-order chi connectivity index (χ0) is 16.8. The van der Waals surface area contributed by atoms with E-state index in [0.717, 1.165) is 22.6 Å². The van der Waals surface area contributed by atoms with Crippen molar-refractivity contribution in [2.24, 2.45) is 0 Å². The Balaban J connectivity index is 2.02. The van der Waals surface area contributed by atoms with Gasteiger partial charge >= 0.3 is 0 Å². The molecule has 3 heteroatoms. The molecule has 0 heterocycles. The second-order valence-electron chi connectivity index (χ2n) is 6.27. The second-order valence-corrected chi connectivity index (χ2v) is 6.27. The molecule has 0 unspecified atom stereocenters. The highest BCUT2D eigenvalue weighted by atomic mass is 16.5. The van der Waals surface area contributed by atoms with Crippen LogP contribution in [0.25, 0.3) is 0 Å². The Labute approximate surface area is 138 Å². The van der Waals surface area contributed by atoms with Crippen LogP contribution >= 0.6 is 0 Å². The first-order valence-electron chi connectivity index (χ1n) is 8.09. The lowest BCUT2D eigenvalue weighted by Gasteiger charge is -2.15. The molecule has 0 saturated heterocycles. The number of anilines is 1. The second kappa shape index (κ2) is 7.82. The topological polar surface area (TPSA) is 38.3 Å². The molecule has 0 saturated carbocycles. The summed E-state index contributed by atoms with van der Waals surface area (Å²) in [6.45, 7) is 8.46. The summed E-state index contributed by atoms with van der Waals surface area (Å²) >= 11 is 0. The molecular weight excluding hydrogens is 286 g/mol. The van der Waals surface area contributed by atoms with Gasteiger partial charge in [0.05, 0.1) is 0 Å². The van der Waals surface area contributed by atoms with Crippen LogP contribution in [0.5, 0.6) is 5.75 Å². The normalized spacial score (nSPS) is 10.9. The van der Waals surface area contributed by atoms with Crippen LogP contribution in [-0.2, 0) is 4.79 Å². The Kier molecular flexibility index (Phi) is 5.80. The van der Waals surface area contributed by atoms with Crippen molar-refractivity contribution in [1.82, 2.24) is 0 Å². The van der Waals surface area contributed by atoms with Gasteiger partial charge in [-0.05, 0) is 35.1 Å². The van der Waals surface area contributed by atoms with Crippen molar-refractivity contribution < 1.29 is 9.53 Å². The number of ether oxygens (including phenoxy) is 1. The SMILES string of the molecule is CC(C)c1ccccc1NC(=O)COc1ccccc1C(C)C. The van der Waals surface area contributed by atoms with E-state index in [-0.39, 0.29) is 12.5 Å². The summed E-state index contributed by atoms with van der Waals surface area (Å²) in [6, 6.07) is 15.7. The maximum atomic E-state index is 12.2. The van der Waals surface area contributed by atoms with Gasteiger partial charge < -0.3 is 10.1 Å². The zero-order valence-electron chi connectivity index (χ0n) is 14.3. The van der Waals surface area contributed by atoms with Crippen molar-refractivity contribution in [2.45, 2.75) is 39.5 Å². The smallest absolute Gasteiger partial charge is 0.262 e. The molecule has 2 aromatic carbocycles. The Morgan fingerprint density at radius 3 is 2.13 bits per heavy atom. The lowest BCUT2D eigenvalue weighted by Crippen LogP contribution is -2.21. The third-order valence-electron chi connectivity index (χ3n) is 3.76. The molecule has 0 aliphatic carbocycles. The van der Waals surface area contributed by atoms with Crippen molar-refractivity contribution >= 4 is 11.6 Å². The Hall–Kier alpha value is -2.29. The molecule has 122 valence electrons. The Morgan fingerprint density at radius 2 is 1.48 bits per heavy atom. The van der Waals surface area contributed by atoms with Gasteiger partial charge in [0.2, 0.25) is 0 Å². The van der Waals surface area contributed by atoms with Crippen LogP contribution < -0.4 is 10.1 Å². The molecule has 23 heavy (non-hydrogen) atoms. The lowest BCUT2D eigenvalue weighted by molar-refractivity contribution is -0.118. The number of amides is 1. The van der Waals surface area contributed by atoms with E-state index in [1.54, 1.807) is 0 Å². The molecule has 0 spiro atoms. The predicted molar refractivity (Wildman–Crippen MR) is 95.2 cm³/mol. The fourth-order valence-electron chi connectivity index (χ4n) is 2.53. The average molecular weight is 311 g/mol. The monoisotopic (exact) mass is 311 g/mol. The Morgan fingerprint density at radius 1 is 0.913 bits per heavy atom. The summed E-state index contributed by atoms with van der Waals surface area (Å²) in [5.74, 6) is 1.34. The van der Waals surface area contributed by atoms with Gasteiger partial charge in [0.25, 0.3) is 5.91 Å².